The maximum absolute atomic E-state index is 11.4. The number of rotatable bonds is 9. The summed E-state index contributed by atoms with van der Waals surface area (Å²) in [5.41, 5.74) is 7.32. The zero-order valence-corrected chi connectivity index (χ0v) is 16.3. The second-order valence-corrected chi connectivity index (χ2v) is 6.83. The maximum atomic E-state index is 11.4. The monoisotopic (exact) mass is 409 g/mol. The molecule has 1 aromatic heterocycles. The number of amides is 1. The minimum atomic E-state index is -0.497. The minimum Gasteiger partial charge on any atom is -0.455 e. The SMILES string of the molecule is NC(=O)c1cccc(NCC(CC=O)c2ccc(Cl)cc2Oc2cccnc2)c1. The van der Waals surface area contributed by atoms with Crippen LogP contribution in [0.5, 0.6) is 11.5 Å². The van der Waals surface area contributed by atoms with E-state index in [4.69, 9.17) is 22.1 Å². The summed E-state index contributed by atoms with van der Waals surface area (Å²) in [6, 6.07) is 15.8. The summed E-state index contributed by atoms with van der Waals surface area (Å²) in [7, 11) is 0. The molecule has 1 amide bonds. The molecular formula is C22H20ClN3O3. The van der Waals surface area contributed by atoms with Crippen LogP contribution < -0.4 is 15.8 Å². The number of nitrogens with zero attached hydrogens (tertiary/aromatic N) is 1. The molecular weight excluding hydrogens is 390 g/mol. The van der Waals surface area contributed by atoms with Gasteiger partial charge in [-0.05, 0) is 42.5 Å². The molecule has 0 aliphatic carbocycles. The van der Waals surface area contributed by atoms with Crippen LogP contribution in [0.4, 0.5) is 5.69 Å². The van der Waals surface area contributed by atoms with Crippen molar-refractivity contribution in [1.29, 1.82) is 0 Å². The Balaban J connectivity index is 1.84. The Hall–Kier alpha value is -3.38. The topological polar surface area (TPSA) is 94.3 Å². The second-order valence-electron chi connectivity index (χ2n) is 6.40. The van der Waals surface area contributed by atoms with Gasteiger partial charge < -0.3 is 20.6 Å². The van der Waals surface area contributed by atoms with Gasteiger partial charge in [0.05, 0.1) is 6.20 Å². The lowest BCUT2D eigenvalue weighted by molar-refractivity contribution is -0.108. The number of halogens is 1. The number of carbonyl (C=O) groups excluding carboxylic acids is 2. The molecule has 3 rings (SSSR count). The van der Waals surface area contributed by atoms with Crippen LogP contribution in [0, 0.1) is 0 Å². The molecule has 1 atom stereocenters. The van der Waals surface area contributed by atoms with Crippen LogP contribution >= 0.6 is 11.6 Å². The largest absolute Gasteiger partial charge is 0.455 e. The highest BCUT2D eigenvalue weighted by atomic mass is 35.5. The van der Waals surface area contributed by atoms with Crippen LogP contribution in [0.25, 0.3) is 0 Å². The summed E-state index contributed by atoms with van der Waals surface area (Å²) in [6.07, 6.45) is 4.42. The number of carbonyl (C=O) groups is 2. The van der Waals surface area contributed by atoms with E-state index in [1.54, 1.807) is 54.9 Å². The number of primary amides is 1. The fraction of sp³-hybridized carbons (Fsp3) is 0.136. The van der Waals surface area contributed by atoms with E-state index in [0.29, 0.717) is 28.6 Å². The zero-order chi connectivity index (χ0) is 20.6. The molecule has 0 fully saturated rings. The van der Waals surface area contributed by atoms with Crippen LogP contribution in [0.15, 0.2) is 67.0 Å². The molecule has 3 aromatic rings. The normalized spacial score (nSPS) is 11.5. The van der Waals surface area contributed by atoms with E-state index in [9.17, 15) is 9.59 Å². The number of aromatic nitrogens is 1. The first-order chi connectivity index (χ1) is 14.1. The molecule has 148 valence electrons. The van der Waals surface area contributed by atoms with Gasteiger partial charge in [-0.3, -0.25) is 9.78 Å². The van der Waals surface area contributed by atoms with Crippen LogP contribution in [0.2, 0.25) is 5.02 Å². The van der Waals surface area contributed by atoms with Gasteiger partial charge in [0.15, 0.2) is 0 Å². The molecule has 6 nitrogen and oxygen atoms in total. The van der Waals surface area contributed by atoms with Crippen LogP contribution in [-0.2, 0) is 4.79 Å². The van der Waals surface area contributed by atoms with E-state index in [1.165, 1.54) is 0 Å². The van der Waals surface area contributed by atoms with E-state index in [0.717, 1.165) is 17.5 Å². The van der Waals surface area contributed by atoms with E-state index in [2.05, 4.69) is 10.3 Å². The number of aldehydes is 1. The molecule has 0 saturated carbocycles. The molecule has 3 N–H and O–H groups in total. The second kappa shape index (κ2) is 9.71. The van der Waals surface area contributed by atoms with Crippen molar-refractivity contribution in [2.45, 2.75) is 12.3 Å². The molecule has 1 heterocycles. The lowest BCUT2D eigenvalue weighted by Gasteiger charge is -2.20. The molecule has 0 saturated heterocycles. The Bertz CT molecular complexity index is 996. The van der Waals surface area contributed by atoms with E-state index >= 15 is 0 Å². The first-order valence-electron chi connectivity index (χ1n) is 9.01. The smallest absolute Gasteiger partial charge is 0.248 e. The van der Waals surface area contributed by atoms with Gasteiger partial charge >= 0.3 is 0 Å². The zero-order valence-electron chi connectivity index (χ0n) is 15.5. The number of ether oxygens (including phenoxy) is 1. The average molecular weight is 410 g/mol. The Morgan fingerprint density at radius 1 is 1.21 bits per heavy atom. The summed E-state index contributed by atoms with van der Waals surface area (Å²) >= 11 is 6.16. The fourth-order valence-electron chi connectivity index (χ4n) is 2.93. The molecule has 0 spiro atoms. The van der Waals surface area contributed by atoms with Gasteiger partial charge in [-0.1, -0.05) is 23.7 Å². The van der Waals surface area contributed by atoms with Crippen LogP contribution in [-0.4, -0.2) is 23.7 Å². The number of pyridine rings is 1. The van der Waals surface area contributed by atoms with Gasteiger partial charge in [0, 0.05) is 46.9 Å². The summed E-state index contributed by atoms with van der Waals surface area (Å²) < 4.78 is 5.97. The number of nitrogens with one attached hydrogen (secondary N) is 1. The molecule has 29 heavy (non-hydrogen) atoms. The third-order valence-corrected chi connectivity index (χ3v) is 4.59. The quantitative estimate of drug-likeness (QED) is 0.510. The van der Waals surface area contributed by atoms with Gasteiger partial charge in [-0.25, -0.2) is 0 Å². The summed E-state index contributed by atoms with van der Waals surface area (Å²) in [4.78, 5) is 26.7. The Labute approximate surface area is 173 Å². The lowest BCUT2D eigenvalue weighted by Crippen LogP contribution is -2.15. The molecule has 0 bridgehead atoms. The third kappa shape index (κ3) is 5.56. The molecule has 0 aliphatic heterocycles. The predicted molar refractivity (Wildman–Crippen MR) is 113 cm³/mol. The molecule has 7 heteroatoms. The lowest BCUT2D eigenvalue weighted by atomic mass is 9.95. The number of nitrogens with two attached hydrogens (primary N) is 1. The number of hydrogen-bond donors (Lipinski definition) is 2. The first-order valence-corrected chi connectivity index (χ1v) is 9.39. The van der Waals surface area contributed by atoms with Crippen molar-refractivity contribution in [2.75, 3.05) is 11.9 Å². The molecule has 2 aromatic carbocycles. The van der Waals surface area contributed by atoms with Crippen molar-refractivity contribution in [3.63, 3.8) is 0 Å². The highest BCUT2D eigenvalue weighted by Gasteiger charge is 2.18. The van der Waals surface area contributed by atoms with Crippen molar-refractivity contribution in [2.24, 2.45) is 5.73 Å². The van der Waals surface area contributed by atoms with Crippen molar-refractivity contribution in [3.05, 3.63) is 83.1 Å². The number of anilines is 1. The van der Waals surface area contributed by atoms with Gasteiger partial charge in [-0.2, -0.15) is 0 Å². The third-order valence-electron chi connectivity index (χ3n) is 4.36. The van der Waals surface area contributed by atoms with Crippen molar-refractivity contribution in [1.82, 2.24) is 4.98 Å². The fourth-order valence-corrected chi connectivity index (χ4v) is 3.09. The minimum absolute atomic E-state index is 0.173. The van der Waals surface area contributed by atoms with Gasteiger partial charge in [0.2, 0.25) is 5.91 Å². The van der Waals surface area contributed by atoms with Gasteiger partial charge in [-0.15, -0.1) is 0 Å². The molecule has 1 unspecified atom stereocenters. The highest BCUT2D eigenvalue weighted by molar-refractivity contribution is 6.30. The number of hydrogen-bond acceptors (Lipinski definition) is 5. The van der Waals surface area contributed by atoms with Crippen molar-refractivity contribution >= 4 is 29.5 Å². The van der Waals surface area contributed by atoms with E-state index in [1.807, 2.05) is 12.1 Å². The number of benzene rings is 2. The van der Waals surface area contributed by atoms with Crippen LogP contribution in [0.1, 0.15) is 28.3 Å². The Kier molecular flexibility index (Phi) is 6.81. The first kappa shape index (κ1) is 20.4. The van der Waals surface area contributed by atoms with Gasteiger partial charge in [0.1, 0.15) is 17.8 Å². The standard InChI is InChI=1S/C22H20ClN3O3/c23-17-6-7-20(21(12-17)29-19-5-2-9-25-14-19)16(8-10-27)13-26-18-4-1-3-15(11-18)22(24)28/h1-7,9-12,14,16,26H,8,13H2,(H2,24,28). The Morgan fingerprint density at radius 3 is 2.79 bits per heavy atom. The average Bonchev–Trinajstić information content (AvgIpc) is 2.72. The van der Waals surface area contributed by atoms with E-state index < -0.39 is 5.91 Å². The maximum Gasteiger partial charge on any atom is 0.248 e. The summed E-state index contributed by atoms with van der Waals surface area (Å²) in [5, 5.41) is 3.79. The highest BCUT2D eigenvalue weighted by Crippen LogP contribution is 2.34. The molecule has 0 aliphatic rings. The summed E-state index contributed by atoms with van der Waals surface area (Å²) in [5.74, 6) is 0.463. The van der Waals surface area contributed by atoms with Crippen molar-refractivity contribution in [3.8, 4) is 11.5 Å². The van der Waals surface area contributed by atoms with E-state index in [-0.39, 0.29) is 12.3 Å². The van der Waals surface area contributed by atoms with Gasteiger partial charge in [0.25, 0.3) is 0 Å². The summed E-state index contributed by atoms with van der Waals surface area (Å²) in [6.45, 7) is 0.450. The van der Waals surface area contributed by atoms with Crippen molar-refractivity contribution < 1.29 is 14.3 Å². The predicted octanol–water partition coefficient (Wildman–Crippen LogP) is 4.41. The van der Waals surface area contributed by atoms with Crippen LogP contribution in [0.3, 0.4) is 0 Å². The Morgan fingerprint density at radius 2 is 2.07 bits per heavy atom. The molecule has 0 radical (unpaired) electrons.